The number of benzene rings is 1. The molecule has 0 heterocycles. The summed E-state index contributed by atoms with van der Waals surface area (Å²) >= 11 is 3.31. The SMILES string of the molecule is CCOC(=O)Cc1ccc(C)cc1OC(C)/C(C)=C/C(Br)=C(\C)O. The molecule has 5 heteroatoms. The van der Waals surface area contributed by atoms with E-state index in [1.54, 1.807) is 13.8 Å². The zero-order valence-corrected chi connectivity index (χ0v) is 16.4. The average molecular weight is 397 g/mol. The molecule has 1 rings (SSSR count). The lowest BCUT2D eigenvalue weighted by molar-refractivity contribution is -0.142. The van der Waals surface area contributed by atoms with Gasteiger partial charge in [0.2, 0.25) is 0 Å². The summed E-state index contributed by atoms with van der Waals surface area (Å²) in [6.07, 6.45) is 1.79. The predicted molar refractivity (Wildman–Crippen MR) is 99.6 cm³/mol. The highest BCUT2D eigenvalue weighted by atomic mass is 79.9. The molecule has 0 aliphatic rings. The van der Waals surface area contributed by atoms with Gasteiger partial charge in [-0.2, -0.15) is 0 Å². The Kier molecular flexibility index (Phi) is 8.05. The number of hydrogen-bond donors (Lipinski definition) is 1. The maximum atomic E-state index is 11.8. The molecule has 132 valence electrons. The Bertz CT molecular complexity index is 643. The zero-order chi connectivity index (χ0) is 18.3. The highest BCUT2D eigenvalue weighted by Gasteiger charge is 2.14. The Labute approximate surface area is 152 Å². The Morgan fingerprint density at radius 2 is 2.04 bits per heavy atom. The second-order valence-corrected chi connectivity index (χ2v) is 6.53. The van der Waals surface area contributed by atoms with Crippen molar-refractivity contribution in [2.24, 2.45) is 0 Å². The van der Waals surface area contributed by atoms with E-state index in [0.29, 0.717) is 16.8 Å². The van der Waals surface area contributed by atoms with Gasteiger partial charge < -0.3 is 14.6 Å². The second kappa shape index (κ2) is 9.52. The van der Waals surface area contributed by atoms with Crippen LogP contribution in [0.4, 0.5) is 0 Å². The van der Waals surface area contributed by atoms with Gasteiger partial charge >= 0.3 is 5.97 Å². The lowest BCUT2D eigenvalue weighted by Crippen LogP contribution is -2.16. The summed E-state index contributed by atoms with van der Waals surface area (Å²) in [4.78, 5) is 11.8. The molecule has 4 nitrogen and oxygen atoms in total. The summed E-state index contributed by atoms with van der Waals surface area (Å²) < 4.78 is 11.7. The topological polar surface area (TPSA) is 55.8 Å². The van der Waals surface area contributed by atoms with Crippen LogP contribution in [0.25, 0.3) is 0 Å². The van der Waals surface area contributed by atoms with E-state index in [-0.39, 0.29) is 24.3 Å². The van der Waals surface area contributed by atoms with Gasteiger partial charge in [0.25, 0.3) is 0 Å². The number of carbonyl (C=O) groups excluding carboxylic acids is 1. The third-order valence-electron chi connectivity index (χ3n) is 3.51. The molecule has 0 saturated carbocycles. The monoisotopic (exact) mass is 396 g/mol. The summed E-state index contributed by atoms with van der Waals surface area (Å²) in [7, 11) is 0. The lowest BCUT2D eigenvalue weighted by Gasteiger charge is -2.19. The third-order valence-corrected chi connectivity index (χ3v) is 4.31. The fourth-order valence-electron chi connectivity index (χ4n) is 1.99. The van der Waals surface area contributed by atoms with Crippen LogP contribution in [-0.2, 0) is 16.0 Å². The van der Waals surface area contributed by atoms with E-state index in [4.69, 9.17) is 9.47 Å². The molecule has 24 heavy (non-hydrogen) atoms. The van der Waals surface area contributed by atoms with Crippen LogP contribution in [0, 0.1) is 6.92 Å². The first kappa shape index (κ1) is 20.3. The zero-order valence-electron chi connectivity index (χ0n) is 14.9. The minimum atomic E-state index is -0.271. The average Bonchev–Trinajstić information content (AvgIpc) is 2.49. The van der Waals surface area contributed by atoms with E-state index in [2.05, 4.69) is 15.9 Å². The molecule has 0 amide bonds. The first-order chi connectivity index (χ1) is 11.2. The number of aliphatic hydroxyl groups is 1. The molecular formula is C19H25BrO4. The van der Waals surface area contributed by atoms with Crippen molar-refractivity contribution in [1.29, 1.82) is 0 Å². The van der Waals surface area contributed by atoms with Gasteiger partial charge in [0, 0.05) is 5.56 Å². The maximum Gasteiger partial charge on any atom is 0.310 e. The Morgan fingerprint density at radius 1 is 1.38 bits per heavy atom. The van der Waals surface area contributed by atoms with E-state index in [1.165, 1.54) is 0 Å². The van der Waals surface area contributed by atoms with E-state index >= 15 is 0 Å². The summed E-state index contributed by atoms with van der Waals surface area (Å²) in [5.74, 6) is 0.608. The van der Waals surface area contributed by atoms with Crippen LogP contribution in [0.1, 0.15) is 38.8 Å². The lowest BCUT2D eigenvalue weighted by atomic mass is 10.1. The molecule has 0 aromatic heterocycles. The van der Waals surface area contributed by atoms with Gasteiger partial charge in [-0.25, -0.2) is 0 Å². The Morgan fingerprint density at radius 3 is 2.62 bits per heavy atom. The smallest absolute Gasteiger partial charge is 0.310 e. The second-order valence-electron chi connectivity index (χ2n) is 5.67. The standard InChI is InChI=1S/C19H25BrO4/c1-6-23-19(22)11-16-8-7-12(2)9-18(16)24-15(5)13(3)10-17(20)14(4)21/h7-10,15,21H,6,11H2,1-5H3/b13-10+,17-14-. The summed E-state index contributed by atoms with van der Waals surface area (Å²) in [5, 5.41) is 9.47. The van der Waals surface area contributed by atoms with Gasteiger partial charge in [0.15, 0.2) is 0 Å². The van der Waals surface area contributed by atoms with Crippen LogP contribution in [0.2, 0.25) is 0 Å². The molecule has 0 radical (unpaired) electrons. The van der Waals surface area contributed by atoms with Crippen LogP contribution in [0.5, 0.6) is 5.75 Å². The van der Waals surface area contributed by atoms with Crippen molar-refractivity contribution in [2.75, 3.05) is 6.61 Å². The van der Waals surface area contributed by atoms with Crippen LogP contribution in [0.3, 0.4) is 0 Å². The van der Waals surface area contributed by atoms with Gasteiger partial charge in [-0.1, -0.05) is 12.1 Å². The molecule has 0 fully saturated rings. The van der Waals surface area contributed by atoms with Gasteiger partial charge in [-0.3, -0.25) is 4.79 Å². The normalized spacial score (nSPS) is 14.0. The highest BCUT2D eigenvalue weighted by molar-refractivity contribution is 9.11. The highest BCUT2D eigenvalue weighted by Crippen LogP contribution is 2.25. The number of hydrogen-bond acceptors (Lipinski definition) is 4. The van der Waals surface area contributed by atoms with Gasteiger partial charge in [-0.05, 0) is 73.8 Å². The van der Waals surface area contributed by atoms with Crippen molar-refractivity contribution < 1.29 is 19.4 Å². The molecule has 0 aliphatic carbocycles. The fourth-order valence-corrected chi connectivity index (χ4v) is 2.35. The largest absolute Gasteiger partial charge is 0.511 e. The number of esters is 1. The molecule has 0 spiro atoms. The van der Waals surface area contributed by atoms with Crippen LogP contribution in [0.15, 0.2) is 40.1 Å². The van der Waals surface area contributed by atoms with E-state index in [0.717, 1.165) is 16.7 Å². The number of allylic oxidation sites excluding steroid dienone is 3. The van der Waals surface area contributed by atoms with Crippen molar-refractivity contribution in [1.82, 2.24) is 0 Å². The van der Waals surface area contributed by atoms with Crippen molar-refractivity contribution >= 4 is 21.9 Å². The molecule has 0 aliphatic heterocycles. The van der Waals surface area contributed by atoms with E-state index in [1.807, 2.05) is 45.0 Å². The van der Waals surface area contributed by atoms with Gasteiger partial charge in [0.1, 0.15) is 17.6 Å². The minimum absolute atomic E-state index is 0.179. The van der Waals surface area contributed by atoms with Crippen LogP contribution in [-0.4, -0.2) is 23.8 Å². The molecule has 1 aromatic carbocycles. The fraction of sp³-hybridized carbons (Fsp3) is 0.421. The van der Waals surface area contributed by atoms with Crippen LogP contribution < -0.4 is 4.74 Å². The summed E-state index contributed by atoms with van der Waals surface area (Å²) in [6.45, 7) is 9.58. The van der Waals surface area contributed by atoms with Crippen molar-refractivity contribution in [3.8, 4) is 5.75 Å². The van der Waals surface area contributed by atoms with Crippen molar-refractivity contribution in [2.45, 2.75) is 47.1 Å². The summed E-state index contributed by atoms with van der Waals surface area (Å²) in [5.41, 5.74) is 2.80. The van der Waals surface area contributed by atoms with E-state index < -0.39 is 0 Å². The van der Waals surface area contributed by atoms with Gasteiger partial charge in [-0.15, -0.1) is 0 Å². The number of rotatable bonds is 7. The molecular weight excluding hydrogens is 372 g/mol. The van der Waals surface area contributed by atoms with Crippen molar-refractivity contribution in [3.05, 3.63) is 51.2 Å². The minimum Gasteiger partial charge on any atom is -0.511 e. The Balaban J connectivity index is 2.99. The first-order valence-electron chi connectivity index (χ1n) is 7.89. The predicted octanol–water partition coefficient (Wildman–Crippen LogP) is 5.00. The van der Waals surface area contributed by atoms with Crippen LogP contribution >= 0.6 is 15.9 Å². The van der Waals surface area contributed by atoms with E-state index in [9.17, 15) is 9.90 Å². The number of aliphatic hydroxyl groups excluding tert-OH is 1. The molecule has 1 N–H and O–H groups in total. The quantitative estimate of drug-likeness (QED) is 0.400. The number of ether oxygens (including phenoxy) is 2. The number of carbonyl (C=O) groups is 1. The van der Waals surface area contributed by atoms with Crippen molar-refractivity contribution in [3.63, 3.8) is 0 Å². The molecule has 1 unspecified atom stereocenters. The number of halogens is 1. The van der Waals surface area contributed by atoms with Gasteiger partial charge in [0.05, 0.1) is 17.5 Å². The Hall–Kier alpha value is -1.75. The molecule has 0 bridgehead atoms. The number of aryl methyl sites for hydroxylation is 1. The maximum absolute atomic E-state index is 11.8. The molecule has 0 saturated heterocycles. The molecule has 1 aromatic rings. The first-order valence-corrected chi connectivity index (χ1v) is 8.69. The summed E-state index contributed by atoms with van der Waals surface area (Å²) in [6, 6.07) is 5.75. The molecule has 1 atom stereocenters. The third kappa shape index (κ3) is 6.40.